The standard InChI is InChI=1S/C12H22N2/c1-4-9-14-10-7-8-13-12(5-2,6-3)11-14/h1,13H,5-11H2,2-3H3. The first-order valence-corrected chi connectivity index (χ1v) is 5.67. The van der Waals surface area contributed by atoms with Crippen LogP contribution < -0.4 is 5.32 Å². The van der Waals surface area contributed by atoms with Crippen molar-refractivity contribution >= 4 is 0 Å². The third-order valence-electron chi connectivity index (χ3n) is 3.35. The van der Waals surface area contributed by atoms with Gasteiger partial charge in [0.05, 0.1) is 6.54 Å². The summed E-state index contributed by atoms with van der Waals surface area (Å²) in [7, 11) is 0. The van der Waals surface area contributed by atoms with Crippen LogP contribution in [0.1, 0.15) is 33.1 Å². The van der Waals surface area contributed by atoms with Crippen molar-refractivity contribution in [1.29, 1.82) is 0 Å². The first-order valence-electron chi connectivity index (χ1n) is 5.67. The van der Waals surface area contributed by atoms with Gasteiger partial charge < -0.3 is 5.32 Å². The normalized spacial score (nSPS) is 22.6. The fourth-order valence-corrected chi connectivity index (χ4v) is 2.21. The zero-order valence-electron chi connectivity index (χ0n) is 9.47. The molecule has 0 amide bonds. The molecule has 0 aromatic carbocycles. The SMILES string of the molecule is C#CCN1CCCNC(CC)(CC)C1. The van der Waals surface area contributed by atoms with E-state index in [2.05, 4.69) is 30.0 Å². The van der Waals surface area contributed by atoms with E-state index in [1.165, 1.54) is 19.3 Å². The van der Waals surface area contributed by atoms with E-state index in [1.54, 1.807) is 0 Å². The Labute approximate surface area is 88.1 Å². The predicted molar refractivity (Wildman–Crippen MR) is 61.2 cm³/mol. The summed E-state index contributed by atoms with van der Waals surface area (Å²) in [5.41, 5.74) is 0.299. The van der Waals surface area contributed by atoms with E-state index in [4.69, 9.17) is 6.42 Å². The molecule has 0 atom stereocenters. The quantitative estimate of drug-likeness (QED) is 0.685. The molecule has 0 aliphatic carbocycles. The average Bonchev–Trinajstić information content (AvgIpc) is 2.42. The van der Waals surface area contributed by atoms with Crippen LogP contribution in [0.15, 0.2) is 0 Å². The molecule has 2 nitrogen and oxygen atoms in total. The van der Waals surface area contributed by atoms with E-state index in [1.807, 2.05) is 0 Å². The van der Waals surface area contributed by atoms with Gasteiger partial charge in [-0.1, -0.05) is 19.8 Å². The van der Waals surface area contributed by atoms with E-state index in [0.717, 1.165) is 26.2 Å². The number of hydrogen-bond acceptors (Lipinski definition) is 2. The number of hydrogen-bond donors (Lipinski definition) is 1. The Kier molecular flexibility index (Phi) is 4.44. The van der Waals surface area contributed by atoms with Crippen LogP contribution >= 0.6 is 0 Å². The van der Waals surface area contributed by atoms with Crippen molar-refractivity contribution in [2.24, 2.45) is 0 Å². The van der Waals surface area contributed by atoms with Crippen LogP contribution in [-0.2, 0) is 0 Å². The zero-order valence-corrected chi connectivity index (χ0v) is 9.47. The molecule has 0 aromatic rings. The van der Waals surface area contributed by atoms with Gasteiger partial charge in [-0.05, 0) is 25.8 Å². The van der Waals surface area contributed by atoms with E-state index in [0.29, 0.717) is 5.54 Å². The van der Waals surface area contributed by atoms with Crippen molar-refractivity contribution in [3.05, 3.63) is 0 Å². The Morgan fingerprint density at radius 3 is 2.71 bits per heavy atom. The minimum absolute atomic E-state index is 0.299. The molecule has 80 valence electrons. The minimum Gasteiger partial charge on any atom is -0.310 e. The van der Waals surface area contributed by atoms with Gasteiger partial charge in [0.25, 0.3) is 0 Å². The van der Waals surface area contributed by atoms with E-state index >= 15 is 0 Å². The molecule has 1 rings (SSSR count). The number of nitrogens with zero attached hydrogens (tertiary/aromatic N) is 1. The molecule has 0 spiro atoms. The van der Waals surface area contributed by atoms with Crippen molar-refractivity contribution in [2.45, 2.75) is 38.6 Å². The van der Waals surface area contributed by atoms with E-state index in [9.17, 15) is 0 Å². The highest BCUT2D eigenvalue weighted by Gasteiger charge is 2.29. The Bertz CT molecular complexity index is 201. The summed E-state index contributed by atoms with van der Waals surface area (Å²) in [4.78, 5) is 2.40. The fourth-order valence-electron chi connectivity index (χ4n) is 2.21. The van der Waals surface area contributed by atoms with Crippen LogP contribution in [0.3, 0.4) is 0 Å². The Morgan fingerprint density at radius 2 is 2.14 bits per heavy atom. The van der Waals surface area contributed by atoms with Crippen molar-refractivity contribution < 1.29 is 0 Å². The molecule has 0 radical (unpaired) electrons. The third kappa shape index (κ3) is 2.73. The van der Waals surface area contributed by atoms with Crippen molar-refractivity contribution in [1.82, 2.24) is 10.2 Å². The number of rotatable bonds is 3. The lowest BCUT2D eigenvalue weighted by Crippen LogP contribution is -2.50. The van der Waals surface area contributed by atoms with Gasteiger partial charge in [0.2, 0.25) is 0 Å². The molecule has 0 saturated carbocycles. The van der Waals surface area contributed by atoms with Crippen molar-refractivity contribution in [3.8, 4) is 12.3 Å². The fraction of sp³-hybridized carbons (Fsp3) is 0.833. The smallest absolute Gasteiger partial charge is 0.0599 e. The molecule has 1 N–H and O–H groups in total. The topological polar surface area (TPSA) is 15.3 Å². The lowest BCUT2D eigenvalue weighted by molar-refractivity contribution is 0.213. The summed E-state index contributed by atoms with van der Waals surface area (Å²) in [5, 5.41) is 3.67. The van der Waals surface area contributed by atoms with Crippen molar-refractivity contribution in [3.63, 3.8) is 0 Å². The second-order valence-electron chi connectivity index (χ2n) is 4.18. The molecule has 0 aromatic heterocycles. The summed E-state index contributed by atoms with van der Waals surface area (Å²) < 4.78 is 0. The van der Waals surface area contributed by atoms with Crippen LogP contribution in [0, 0.1) is 12.3 Å². The van der Waals surface area contributed by atoms with Crippen LogP contribution in [0.5, 0.6) is 0 Å². The van der Waals surface area contributed by atoms with Gasteiger partial charge in [0.1, 0.15) is 0 Å². The molecule has 1 heterocycles. The van der Waals surface area contributed by atoms with Gasteiger partial charge in [0, 0.05) is 18.6 Å². The second kappa shape index (κ2) is 5.38. The summed E-state index contributed by atoms with van der Waals surface area (Å²) in [5.74, 6) is 2.75. The lowest BCUT2D eigenvalue weighted by atomic mass is 9.92. The second-order valence-corrected chi connectivity index (χ2v) is 4.18. The molecular formula is C12H22N2. The molecular weight excluding hydrogens is 172 g/mol. The van der Waals surface area contributed by atoms with Crippen molar-refractivity contribution in [2.75, 3.05) is 26.2 Å². The van der Waals surface area contributed by atoms with Crippen LogP contribution in [-0.4, -0.2) is 36.6 Å². The van der Waals surface area contributed by atoms with Gasteiger partial charge in [-0.25, -0.2) is 0 Å². The van der Waals surface area contributed by atoms with Crippen LogP contribution in [0.4, 0.5) is 0 Å². The zero-order chi connectivity index (χ0) is 10.4. The summed E-state index contributed by atoms with van der Waals surface area (Å²) in [6.45, 7) is 8.68. The molecule has 14 heavy (non-hydrogen) atoms. The average molecular weight is 194 g/mol. The third-order valence-corrected chi connectivity index (χ3v) is 3.35. The Balaban J connectivity index is 2.63. The van der Waals surface area contributed by atoms with Crippen LogP contribution in [0.2, 0.25) is 0 Å². The molecule has 2 heteroatoms. The van der Waals surface area contributed by atoms with E-state index < -0.39 is 0 Å². The highest BCUT2D eigenvalue weighted by Crippen LogP contribution is 2.19. The Morgan fingerprint density at radius 1 is 1.43 bits per heavy atom. The summed E-state index contributed by atoms with van der Waals surface area (Å²) >= 11 is 0. The van der Waals surface area contributed by atoms with Gasteiger partial charge in [-0.3, -0.25) is 4.90 Å². The van der Waals surface area contributed by atoms with Gasteiger partial charge in [-0.2, -0.15) is 0 Å². The molecule has 1 fully saturated rings. The number of nitrogens with one attached hydrogen (secondary N) is 1. The maximum atomic E-state index is 5.37. The van der Waals surface area contributed by atoms with Gasteiger partial charge in [0.15, 0.2) is 0 Å². The van der Waals surface area contributed by atoms with Gasteiger partial charge in [-0.15, -0.1) is 6.42 Å². The largest absolute Gasteiger partial charge is 0.310 e. The summed E-state index contributed by atoms with van der Waals surface area (Å²) in [6.07, 6.45) is 8.95. The summed E-state index contributed by atoms with van der Waals surface area (Å²) in [6, 6.07) is 0. The molecule has 1 aliphatic heterocycles. The predicted octanol–water partition coefficient (Wildman–Crippen LogP) is 1.47. The maximum absolute atomic E-state index is 5.37. The molecule has 1 saturated heterocycles. The minimum atomic E-state index is 0.299. The molecule has 0 bridgehead atoms. The highest BCUT2D eigenvalue weighted by molar-refractivity contribution is 4.95. The molecule has 1 aliphatic rings. The highest BCUT2D eigenvalue weighted by atomic mass is 15.2. The number of terminal acetylenes is 1. The van der Waals surface area contributed by atoms with Gasteiger partial charge >= 0.3 is 0 Å². The molecule has 0 unspecified atom stereocenters. The van der Waals surface area contributed by atoms with E-state index in [-0.39, 0.29) is 0 Å². The first kappa shape index (κ1) is 11.6. The monoisotopic (exact) mass is 194 g/mol. The maximum Gasteiger partial charge on any atom is 0.0599 e. The van der Waals surface area contributed by atoms with Crippen LogP contribution in [0.25, 0.3) is 0 Å². The first-order chi connectivity index (χ1) is 6.76. The Hall–Kier alpha value is -0.520. The lowest BCUT2D eigenvalue weighted by Gasteiger charge is -2.34.